The lowest BCUT2D eigenvalue weighted by atomic mass is 9.70. The first-order valence-electron chi connectivity index (χ1n) is 4.73. The molecule has 1 saturated carbocycles. The first kappa shape index (κ1) is 9.84. The van der Waals surface area contributed by atoms with Crippen molar-refractivity contribution in [2.24, 2.45) is 5.41 Å². The van der Waals surface area contributed by atoms with Gasteiger partial charge in [0, 0.05) is 24.2 Å². The number of carbonyl (C=O) groups excluding carboxylic acids is 1. The van der Waals surface area contributed by atoms with Crippen LogP contribution in [0.4, 0.5) is 4.79 Å². The number of rotatable bonds is 3. The Kier molecular flexibility index (Phi) is 2.88. The van der Waals surface area contributed by atoms with Gasteiger partial charge in [0.05, 0.1) is 0 Å². The maximum absolute atomic E-state index is 11.4. The van der Waals surface area contributed by atoms with Gasteiger partial charge in [-0.3, -0.25) is 4.79 Å². The van der Waals surface area contributed by atoms with Gasteiger partial charge in [0.1, 0.15) is 0 Å². The fraction of sp³-hybridized carbons (Fsp3) is 0.889. The summed E-state index contributed by atoms with van der Waals surface area (Å²) >= 11 is 5.03. The van der Waals surface area contributed by atoms with E-state index >= 15 is 0 Å². The van der Waals surface area contributed by atoms with Crippen molar-refractivity contribution in [1.29, 1.82) is 0 Å². The molecule has 1 aliphatic heterocycles. The van der Waals surface area contributed by atoms with E-state index in [2.05, 4.69) is 15.9 Å². The van der Waals surface area contributed by atoms with Crippen LogP contribution in [-0.4, -0.2) is 34.3 Å². The van der Waals surface area contributed by atoms with Crippen LogP contribution in [0.5, 0.6) is 0 Å². The lowest BCUT2D eigenvalue weighted by molar-refractivity contribution is 0.117. The summed E-state index contributed by atoms with van der Waals surface area (Å²) in [5, 5.41) is 1.33. The molecule has 13 heavy (non-hydrogen) atoms. The first-order chi connectivity index (χ1) is 6.26. The van der Waals surface area contributed by atoms with Crippen LogP contribution in [0.25, 0.3) is 0 Å². The van der Waals surface area contributed by atoms with Gasteiger partial charge in [-0.05, 0) is 18.3 Å². The molecule has 0 aromatic rings. The van der Waals surface area contributed by atoms with Crippen molar-refractivity contribution >= 4 is 32.9 Å². The van der Waals surface area contributed by atoms with Crippen LogP contribution in [0, 0.1) is 5.41 Å². The van der Waals surface area contributed by atoms with E-state index in [1.807, 2.05) is 4.90 Å². The third-order valence-electron chi connectivity index (χ3n) is 3.07. The van der Waals surface area contributed by atoms with Crippen molar-refractivity contribution in [3.8, 4) is 0 Å². The van der Waals surface area contributed by atoms with E-state index in [4.69, 9.17) is 0 Å². The molecule has 4 heteroatoms. The van der Waals surface area contributed by atoms with E-state index in [0.717, 1.165) is 24.2 Å². The maximum Gasteiger partial charge on any atom is 0.281 e. The van der Waals surface area contributed by atoms with E-state index in [9.17, 15) is 4.79 Å². The lowest BCUT2D eigenvalue weighted by Gasteiger charge is -2.42. The van der Waals surface area contributed by atoms with E-state index < -0.39 is 0 Å². The topological polar surface area (TPSA) is 20.3 Å². The Bertz CT molecular complexity index is 212. The van der Waals surface area contributed by atoms with Gasteiger partial charge in [0.25, 0.3) is 5.24 Å². The third-order valence-corrected chi connectivity index (χ3v) is 5.15. The van der Waals surface area contributed by atoms with E-state index in [1.165, 1.54) is 31.0 Å². The largest absolute Gasteiger partial charge is 0.332 e. The number of carbonyl (C=O) groups is 1. The molecular formula is C9H14BrNOS. The smallest absolute Gasteiger partial charge is 0.281 e. The molecule has 2 rings (SSSR count). The van der Waals surface area contributed by atoms with Crippen LogP contribution < -0.4 is 0 Å². The van der Waals surface area contributed by atoms with Crippen LogP contribution >= 0.6 is 27.7 Å². The zero-order chi connectivity index (χ0) is 9.31. The zero-order valence-electron chi connectivity index (χ0n) is 7.59. The second-order valence-electron chi connectivity index (χ2n) is 4.02. The summed E-state index contributed by atoms with van der Waals surface area (Å²) in [5.41, 5.74) is 0.417. The van der Waals surface area contributed by atoms with Gasteiger partial charge >= 0.3 is 0 Å². The Balaban J connectivity index is 1.92. The van der Waals surface area contributed by atoms with Crippen molar-refractivity contribution in [2.75, 3.05) is 24.2 Å². The van der Waals surface area contributed by atoms with Crippen LogP contribution in [0.2, 0.25) is 0 Å². The molecule has 74 valence electrons. The van der Waals surface area contributed by atoms with Gasteiger partial charge < -0.3 is 4.90 Å². The number of thioether (sulfide) groups is 1. The molecule has 1 heterocycles. The fourth-order valence-corrected chi connectivity index (χ4v) is 3.55. The average Bonchev–Trinajstić information content (AvgIpc) is 2.44. The number of hydrogen-bond donors (Lipinski definition) is 0. The van der Waals surface area contributed by atoms with Crippen LogP contribution in [0.15, 0.2) is 0 Å². The average molecular weight is 264 g/mol. The highest BCUT2D eigenvalue weighted by atomic mass is 79.9. The summed E-state index contributed by atoms with van der Waals surface area (Å²) in [6, 6.07) is 0. The van der Waals surface area contributed by atoms with E-state index in [-0.39, 0.29) is 5.24 Å². The van der Waals surface area contributed by atoms with E-state index in [1.54, 1.807) is 0 Å². The molecule has 1 amide bonds. The van der Waals surface area contributed by atoms with Gasteiger partial charge in [0.2, 0.25) is 0 Å². The maximum atomic E-state index is 11.4. The highest BCUT2D eigenvalue weighted by Gasteiger charge is 2.39. The summed E-state index contributed by atoms with van der Waals surface area (Å²) in [6.45, 7) is 1.93. The van der Waals surface area contributed by atoms with Gasteiger partial charge in [0.15, 0.2) is 0 Å². The fourth-order valence-electron chi connectivity index (χ4n) is 1.98. The minimum absolute atomic E-state index is 0.284. The summed E-state index contributed by atoms with van der Waals surface area (Å²) < 4.78 is 0. The van der Waals surface area contributed by atoms with Crippen LogP contribution in [0.1, 0.15) is 19.3 Å². The SMILES string of the molecule is O=C1SCCN1CC1(CBr)CCC1. The minimum atomic E-state index is 0.284. The summed E-state index contributed by atoms with van der Waals surface area (Å²) in [5.74, 6) is 0.983. The van der Waals surface area contributed by atoms with Crippen LogP contribution in [-0.2, 0) is 0 Å². The molecule has 0 N–H and O–H groups in total. The molecule has 1 aliphatic carbocycles. The zero-order valence-corrected chi connectivity index (χ0v) is 9.99. The van der Waals surface area contributed by atoms with Crippen LogP contribution in [0.3, 0.4) is 0 Å². The first-order valence-corrected chi connectivity index (χ1v) is 6.84. The Morgan fingerprint density at radius 2 is 2.31 bits per heavy atom. The number of hydrogen-bond acceptors (Lipinski definition) is 2. The second kappa shape index (κ2) is 3.81. The molecule has 0 radical (unpaired) electrons. The normalized spacial score (nSPS) is 26.2. The molecule has 0 aromatic carbocycles. The monoisotopic (exact) mass is 263 g/mol. The molecule has 1 saturated heterocycles. The third kappa shape index (κ3) is 1.89. The predicted molar refractivity (Wildman–Crippen MR) is 59.5 cm³/mol. The quantitative estimate of drug-likeness (QED) is 0.730. The molecule has 0 spiro atoms. The number of amides is 1. The Labute approximate surface area is 91.6 Å². The Hall–Kier alpha value is 0.300. The van der Waals surface area contributed by atoms with Crippen molar-refractivity contribution in [3.63, 3.8) is 0 Å². The molecule has 0 bridgehead atoms. The number of alkyl halides is 1. The highest BCUT2D eigenvalue weighted by Crippen LogP contribution is 2.43. The van der Waals surface area contributed by atoms with E-state index in [0.29, 0.717) is 5.41 Å². The predicted octanol–water partition coefficient (Wildman–Crippen LogP) is 2.72. The molecule has 0 aromatic heterocycles. The molecule has 2 aliphatic rings. The van der Waals surface area contributed by atoms with Gasteiger partial charge in [-0.1, -0.05) is 34.1 Å². The Morgan fingerprint density at radius 1 is 1.54 bits per heavy atom. The summed E-state index contributed by atoms with van der Waals surface area (Å²) in [7, 11) is 0. The number of halogens is 1. The molecule has 0 unspecified atom stereocenters. The standard InChI is InChI=1S/C9H14BrNOS/c10-6-9(2-1-3-9)7-11-4-5-13-8(11)12/h1-7H2. The Morgan fingerprint density at radius 3 is 2.69 bits per heavy atom. The summed E-state index contributed by atoms with van der Waals surface area (Å²) in [4.78, 5) is 13.4. The molecule has 2 nitrogen and oxygen atoms in total. The molecule has 0 atom stereocenters. The number of nitrogens with zero attached hydrogens (tertiary/aromatic N) is 1. The second-order valence-corrected chi connectivity index (χ2v) is 5.63. The van der Waals surface area contributed by atoms with Gasteiger partial charge in [-0.15, -0.1) is 0 Å². The van der Waals surface area contributed by atoms with Gasteiger partial charge in [-0.2, -0.15) is 0 Å². The molecular weight excluding hydrogens is 250 g/mol. The minimum Gasteiger partial charge on any atom is -0.332 e. The van der Waals surface area contributed by atoms with Crippen molar-refractivity contribution in [3.05, 3.63) is 0 Å². The molecule has 2 fully saturated rings. The van der Waals surface area contributed by atoms with Gasteiger partial charge in [-0.25, -0.2) is 0 Å². The summed E-state index contributed by atoms with van der Waals surface area (Å²) in [6.07, 6.45) is 3.90. The van der Waals surface area contributed by atoms with Crippen molar-refractivity contribution in [2.45, 2.75) is 19.3 Å². The lowest BCUT2D eigenvalue weighted by Crippen LogP contribution is -2.43. The van der Waals surface area contributed by atoms with Crippen molar-refractivity contribution < 1.29 is 4.79 Å². The highest BCUT2D eigenvalue weighted by molar-refractivity contribution is 9.09. The van der Waals surface area contributed by atoms with Crippen molar-refractivity contribution in [1.82, 2.24) is 4.90 Å².